The third-order valence-electron chi connectivity index (χ3n) is 5.08. The molecule has 6 heteroatoms. The second kappa shape index (κ2) is 8.19. The smallest absolute Gasteiger partial charge is 0.233 e. The average Bonchev–Trinajstić information content (AvgIpc) is 3.55. The largest absolute Gasteiger partial charge is 0.367 e. The number of fused-ring (bicyclic) bond motifs is 1. The van der Waals surface area contributed by atoms with E-state index in [1.54, 1.807) is 4.90 Å². The van der Waals surface area contributed by atoms with Gasteiger partial charge in [-0.3, -0.25) is 4.79 Å². The van der Waals surface area contributed by atoms with Crippen molar-refractivity contribution < 1.29 is 4.79 Å². The van der Waals surface area contributed by atoms with E-state index in [1.807, 2.05) is 68.6 Å². The molecule has 1 fully saturated rings. The lowest BCUT2D eigenvalue weighted by atomic mass is 10.1. The van der Waals surface area contributed by atoms with Gasteiger partial charge in [0.05, 0.1) is 17.3 Å². The Morgan fingerprint density at radius 2 is 1.86 bits per heavy atom. The number of nitrogens with one attached hydrogen (secondary N) is 1. The van der Waals surface area contributed by atoms with Crippen molar-refractivity contribution in [1.82, 2.24) is 14.9 Å². The maximum absolute atomic E-state index is 12.7. The predicted octanol–water partition coefficient (Wildman–Crippen LogP) is 4.52. The summed E-state index contributed by atoms with van der Waals surface area (Å²) in [5.41, 5.74) is 2.03. The van der Waals surface area contributed by atoms with Crippen LogP contribution in [0.3, 0.4) is 0 Å². The SMILES string of the molecule is CC(c1ccccc1)N(C)C(=O)CSc1nc(NC2CC2)c2ccccc2n1. The molecule has 1 atom stereocenters. The number of anilines is 1. The van der Waals surface area contributed by atoms with E-state index in [2.05, 4.69) is 15.3 Å². The topological polar surface area (TPSA) is 58.1 Å². The standard InChI is InChI=1S/C22H24N4OS/c1-15(16-8-4-3-5-9-16)26(2)20(27)14-28-22-24-19-11-7-6-10-18(19)21(25-22)23-17-12-13-17/h3-11,15,17H,12-14H2,1-2H3,(H,23,24,25). The van der Waals surface area contributed by atoms with Crippen LogP contribution < -0.4 is 5.32 Å². The van der Waals surface area contributed by atoms with E-state index >= 15 is 0 Å². The average molecular weight is 393 g/mol. The number of hydrogen-bond donors (Lipinski definition) is 1. The summed E-state index contributed by atoms with van der Waals surface area (Å²) in [7, 11) is 1.85. The number of hydrogen-bond acceptors (Lipinski definition) is 5. The van der Waals surface area contributed by atoms with Crippen LogP contribution in [-0.4, -0.2) is 39.6 Å². The molecule has 0 spiro atoms. The number of thioether (sulfide) groups is 1. The van der Waals surface area contributed by atoms with Gasteiger partial charge in [0.25, 0.3) is 0 Å². The van der Waals surface area contributed by atoms with Crippen molar-refractivity contribution in [2.75, 3.05) is 18.1 Å². The third kappa shape index (κ3) is 4.28. The first-order valence-corrected chi connectivity index (χ1v) is 10.6. The molecule has 0 saturated heterocycles. The summed E-state index contributed by atoms with van der Waals surface area (Å²) in [6, 6.07) is 18.6. The van der Waals surface area contributed by atoms with Gasteiger partial charge in [0.15, 0.2) is 5.16 Å². The van der Waals surface area contributed by atoms with Crippen molar-refractivity contribution in [1.29, 1.82) is 0 Å². The molecule has 1 aliphatic carbocycles. The molecule has 1 N–H and O–H groups in total. The fourth-order valence-electron chi connectivity index (χ4n) is 3.05. The summed E-state index contributed by atoms with van der Waals surface area (Å²) in [5, 5.41) is 5.15. The van der Waals surface area contributed by atoms with Gasteiger partial charge in [0.2, 0.25) is 5.91 Å². The number of carbonyl (C=O) groups is 1. The van der Waals surface area contributed by atoms with Crippen molar-refractivity contribution in [2.24, 2.45) is 0 Å². The van der Waals surface area contributed by atoms with Crippen LogP contribution in [0.25, 0.3) is 10.9 Å². The Balaban J connectivity index is 1.46. The highest BCUT2D eigenvalue weighted by Gasteiger charge is 2.23. The molecule has 2 aromatic carbocycles. The normalized spacial score (nSPS) is 14.6. The van der Waals surface area contributed by atoms with Crippen molar-refractivity contribution in [3.8, 4) is 0 Å². The molecule has 1 saturated carbocycles. The summed E-state index contributed by atoms with van der Waals surface area (Å²) < 4.78 is 0. The van der Waals surface area contributed by atoms with Crippen LogP contribution in [0.15, 0.2) is 59.8 Å². The minimum absolute atomic E-state index is 0.0268. The Bertz CT molecular complexity index is 975. The Morgan fingerprint density at radius 3 is 2.61 bits per heavy atom. The summed E-state index contributed by atoms with van der Waals surface area (Å²) >= 11 is 1.39. The maximum Gasteiger partial charge on any atom is 0.233 e. The lowest BCUT2D eigenvalue weighted by Gasteiger charge is -2.25. The monoisotopic (exact) mass is 392 g/mol. The van der Waals surface area contributed by atoms with E-state index in [-0.39, 0.29) is 11.9 Å². The van der Waals surface area contributed by atoms with Crippen LogP contribution in [0.1, 0.15) is 31.4 Å². The Hall–Kier alpha value is -2.60. The van der Waals surface area contributed by atoms with E-state index in [9.17, 15) is 4.79 Å². The number of carbonyl (C=O) groups excluding carboxylic acids is 1. The van der Waals surface area contributed by atoms with Gasteiger partial charge in [-0.2, -0.15) is 0 Å². The van der Waals surface area contributed by atoms with Gasteiger partial charge in [0.1, 0.15) is 5.82 Å². The Kier molecular flexibility index (Phi) is 5.48. The second-order valence-electron chi connectivity index (χ2n) is 7.17. The molecule has 1 heterocycles. The lowest BCUT2D eigenvalue weighted by molar-refractivity contribution is -0.128. The highest BCUT2D eigenvalue weighted by atomic mass is 32.2. The number of aromatic nitrogens is 2. The molecule has 0 aliphatic heterocycles. The first-order valence-electron chi connectivity index (χ1n) is 9.58. The molecule has 1 unspecified atom stereocenters. The van der Waals surface area contributed by atoms with Gasteiger partial charge >= 0.3 is 0 Å². The zero-order chi connectivity index (χ0) is 19.5. The van der Waals surface area contributed by atoms with Crippen LogP contribution in [0.4, 0.5) is 5.82 Å². The molecule has 0 radical (unpaired) electrons. The lowest BCUT2D eigenvalue weighted by Crippen LogP contribution is -2.31. The molecule has 28 heavy (non-hydrogen) atoms. The molecular formula is C22H24N4OS. The molecule has 1 amide bonds. The zero-order valence-electron chi connectivity index (χ0n) is 16.1. The maximum atomic E-state index is 12.7. The Labute approximate surface area is 169 Å². The van der Waals surface area contributed by atoms with Crippen molar-refractivity contribution in [3.05, 3.63) is 60.2 Å². The summed E-state index contributed by atoms with van der Waals surface area (Å²) in [6.07, 6.45) is 2.36. The zero-order valence-corrected chi connectivity index (χ0v) is 16.9. The minimum Gasteiger partial charge on any atom is -0.367 e. The van der Waals surface area contributed by atoms with Gasteiger partial charge in [-0.15, -0.1) is 0 Å². The molecule has 5 nitrogen and oxygen atoms in total. The van der Waals surface area contributed by atoms with Crippen LogP contribution in [0.5, 0.6) is 0 Å². The van der Waals surface area contributed by atoms with Gasteiger partial charge in [-0.05, 0) is 37.5 Å². The second-order valence-corrected chi connectivity index (χ2v) is 8.11. The van der Waals surface area contributed by atoms with Crippen molar-refractivity contribution in [3.63, 3.8) is 0 Å². The molecule has 4 rings (SSSR count). The Morgan fingerprint density at radius 1 is 1.14 bits per heavy atom. The van der Waals surface area contributed by atoms with Crippen LogP contribution in [0, 0.1) is 0 Å². The highest BCUT2D eigenvalue weighted by Crippen LogP contribution is 2.30. The van der Waals surface area contributed by atoms with Crippen LogP contribution >= 0.6 is 11.8 Å². The van der Waals surface area contributed by atoms with Gasteiger partial charge in [-0.25, -0.2) is 9.97 Å². The van der Waals surface area contributed by atoms with Gasteiger partial charge < -0.3 is 10.2 Å². The minimum atomic E-state index is 0.0268. The fraction of sp³-hybridized carbons (Fsp3) is 0.318. The van der Waals surface area contributed by atoms with Gasteiger partial charge in [-0.1, -0.05) is 54.2 Å². The number of para-hydroxylation sites is 1. The summed E-state index contributed by atoms with van der Waals surface area (Å²) in [4.78, 5) is 23.8. The van der Waals surface area contributed by atoms with E-state index in [1.165, 1.54) is 24.6 Å². The molecule has 144 valence electrons. The number of nitrogens with zero attached hydrogens (tertiary/aromatic N) is 3. The first-order chi connectivity index (χ1) is 13.6. The van der Waals surface area contributed by atoms with E-state index in [0.29, 0.717) is 17.0 Å². The molecule has 1 aromatic heterocycles. The van der Waals surface area contributed by atoms with Crippen LogP contribution in [-0.2, 0) is 4.79 Å². The van der Waals surface area contributed by atoms with E-state index < -0.39 is 0 Å². The summed E-state index contributed by atoms with van der Waals surface area (Å²) in [6.45, 7) is 2.04. The van der Waals surface area contributed by atoms with Gasteiger partial charge in [0, 0.05) is 18.5 Å². The molecular weight excluding hydrogens is 368 g/mol. The van der Waals surface area contributed by atoms with Crippen molar-refractivity contribution >= 4 is 34.4 Å². The number of rotatable bonds is 7. The first kappa shape index (κ1) is 18.7. The number of benzene rings is 2. The van der Waals surface area contributed by atoms with Crippen LogP contribution in [0.2, 0.25) is 0 Å². The quantitative estimate of drug-likeness (QED) is 0.473. The third-order valence-corrected chi connectivity index (χ3v) is 5.91. The summed E-state index contributed by atoms with van der Waals surface area (Å²) in [5.74, 6) is 1.25. The molecule has 1 aliphatic rings. The van der Waals surface area contributed by atoms with E-state index in [0.717, 1.165) is 22.3 Å². The van der Waals surface area contributed by atoms with Crippen molar-refractivity contribution in [2.45, 2.75) is 37.0 Å². The molecule has 0 bridgehead atoms. The highest BCUT2D eigenvalue weighted by molar-refractivity contribution is 7.99. The van der Waals surface area contributed by atoms with E-state index in [4.69, 9.17) is 0 Å². The number of amides is 1. The molecule has 3 aromatic rings. The predicted molar refractivity (Wildman–Crippen MR) is 115 cm³/mol. The fourth-order valence-corrected chi connectivity index (χ4v) is 3.83.